The van der Waals surface area contributed by atoms with E-state index in [1.807, 2.05) is 37.3 Å². The topological polar surface area (TPSA) is 97.1 Å². The summed E-state index contributed by atoms with van der Waals surface area (Å²) in [5.41, 5.74) is 8.29. The van der Waals surface area contributed by atoms with Gasteiger partial charge in [-0.05, 0) is 43.9 Å². The van der Waals surface area contributed by atoms with E-state index in [0.29, 0.717) is 33.6 Å². The Hall–Kier alpha value is -3.32. The lowest BCUT2D eigenvalue weighted by Gasteiger charge is -2.29. The fourth-order valence-corrected chi connectivity index (χ4v) is 4.88. The third-order valence-corrected chi connectivity index (χ3v) is 6.64. The third-order valence-electron chi connectivity index (χ3n) is 6.64. The van der Waals surface area contributed by atoms with Gasteiger partial charge in [-0.3, -0.25) is 9.59 Å². The van der Waals surface area contributed by atoms with Crippen molar-refractivity contribution in [3.05, 3.63) is 65.5 Å². The van der Waals surface area contributed by atoms with Crippen molar-refractivity contribution in [2.45, 2.75) is 51.6 Å². The van der Waals surface area contributed by atoms with Gasteiger partial charge in [0.15, 0.2) is 0 Å². The summed E-state index contributed by atoms with van der Waals surface area (Å²) in [6, 6.07) is 13.8. The number of benzene rings is 2. The molecule has 1 aliphatic rings. The Labute approximate surface area is 199 Å². The molecule has 2 amide bonds. The Kier molecular flexibility index (Phi) is 7.53. The highest BCUT2D eigenvalue weighted by Crippen LogP contribution is 2.32. The summed E-state index contributed by atoms with van der Waals surface area (Å²) < 4.78 is 14.3. The van der Waals surface area contributed by atoms with Gasteiger partial charge in [-0.15, -0.1) is 0 Å². The molecular formula is C27H31FN4O2. The molecule has 34 heavy (non-hydrogen) atoms. The first-order valence-electron chi connectivity index (χ1n) is 11.9. The van der Waals surface area contributed by atoms with Crippen LogP contribution in [0, 0.1) is 11.7 Å². The van der Waals surface area contributed by atoms with Gasteiger partial charge in [0.1, 0.15) is 5.82 Å². The van der Waals surface area contributed by atoms with Gasteiger partial charge in [0.25, 0.3) is 5.91 Å². The zero-order valence-corrected chi connectivity index (χ0v) is 19.4. The van der Waals surface area contributed by atoms with Gasteiger partial charge in [0.05, 0.1) is 23.3 Å². The lowest BCUT2D eigenvalue weighted by Crippen LogP contribution is -2.39. The molecule has 6 nitrogen and oxygen atoms in total. The highest BCUT2D eigenvalue weighted by Gasteiger charge is 2.26. The number of nitrogens with zero attached hydrogens (tertiary/aromatic N) is 1. The maximum absolute atomic E-state index is 14.3. The summed E-state index contributed by atoms with van der Waals surface area (Å²) in [5.74, 6) is -0.776. The molecule has 0 saturated heterocycles. The molecule has 2 aromatic carbocycles. The van der Waals surface area contributed by atoms with E-state index in [1.165, 1.54) is 31.4 Å². The Bertz CT molecular complexity index is 1180. The van der Waals surface area contributed by atoms with Crippen molar-refractivity contribution in [1.29, 1.82) is 0 Å². The summed E-state index contributed by atoms with van der Waals surface area (Å²) in [7, 11) is 0. The molecule has 1 aromatic heterocycles. The van der Waals surface area contributed by atoms with Crippen LogP contribution in [0.25, 0.3) is 22.2 Å². The SMILES string of the molecule is C[C@H](NC(=O)c1c(CNCC(N)=O)c(-c2ccccc2)nc2ccc(F)cc12)C1CCCCC1. The number of aromatic nitrogens is 1. The number of nitrogens with two attached hydrogens (primary N) is 1. The number of nitrogens with one attached hydrogen (secondary N) is 2. The van der Waals surface area contributed by atoms with Gasteiger partial charge in [-0.1, -0.05) is 49.6 Å². The number of amides is 2. The van der Waals surface area contributed by atoms with Gasteiger partial charge in [-0.2, -0.15) is 0 Å². The van der Waals surface area contributed by atoms with Crippen LogP contribution in [-0.2, 0) is 11.3 Å². The lowest BCUT2D eigenvalue weighted by atomic mass is 9.84. The van der Waals surface area contributed by atoms with Crippen LogP contribution in [0.5, 0.6) is 0 Å². The van der Waals surface area contributed by atoms with E-state index in [9.17, 15) is 14.0 Å². The number of hydrogen-bond donors (Lipinski definition) is 3. The number of carbonyl (C=O) groups is 2. The molecule has 1 atom stereocenters. The number of halogens is 1. The standard InChI is InChI=1S/C27H31FN4O2/c1-17(18-8-4-2-5-9-18)31-27(34)25-21-14-20(28)12-13-23(21)32-26(19-10-6-3-7-11-19)22(25)15-30-16-24(29)33/h3,6-7,10-14,17-18,30H,2,4-5,8-9,15-16H2,1H3,(H2,29,33)(H,31,34)/t17-/m0/s1. The minimum atomic E-state index is -0.502. The van der Waals surface area contributed by atoms with Crippen LogP contribution in [0.1, 0.15) is 54.9 Å². The molecule has 1 heterocycles. The second-order valence-corrected chi connectivity index (χ2v) is 9.07. The molecule has 4 rings (SSSR count). The maximum Gasteiger partial charge on any atom is 0.252 e. The predicted molar refractivity (Wildman–Crippen MR) is 132 cm³/mol. The van der Waals surface area contributed by atoms with Gasteiger partial charge in [-0.25, -0.2) is 9.37 Å². The average Bonchev–Trinajstić information content (AvgIpc) is 2.84. The van der Waals surface area contributed by atoms with Crippen LogP contribution in [-0.4, -0.2) is 29.4 Å². The minimum absolute atomic E-state index is 0.00354. The second kappa shape index (κ2) is 10.7. The molecular weight excluding hydrogens is 431 g/mol. The number of primary amides is 1. The van der Waals surface area contributed by atoms with E-state index >= 15 is 0 Å². The van der Waals surface area contributed by atoms with E-state index in [4.69, 9.17) is 10.7 Å². The van der Waals surface area contributed by atoms with Gasteiger partial charge < -0.3 is 16.4 Å². The highest BCUT2D eigenvalue weighted by molar-refractivity contribution is 6.09. The first-order valence-corrected chi connectivity index (χ1v) is 11.9. The third kappa shape index (κ3) is 5.42. The van der Waals surface area contributed by atoms with Crippen molar-refractivity contribution in [2.75, 3.05) is 6.54 Å². The maximum atomic E-state index is 14.3. The fraction of sp³-hybridized carbons (Fsp3) is 0.370. The molecule has 1 saturated carbocycles. The average molecular weight is 463 g/mol. The number of carbonyl (C=O) groups excluding carboxylic acids is 2. The van der Waals surface area contributed by atoms with E-state index in [2.05, 4.69) is 10.6 Å². The molecule has 7 heteroatoms. The van der Waals surface area contributed by atoms with Crippen LogP contribution >= 0.6 is 0 Å². The molecule has 0 aliphatic heterocycles. The van der Waals surface area contributed by atoms with Crippen LogP contribution < -0.4 is 16.4 Å². The van der Waals surface area contributed by atoms with Crippen LogP contribution in [0.15, 0.2) is 48.5 Å². The fourth-order valence-electron chi connectivity index (χ4n) is 4.88. The summed E-state index contributed by atoms with van der Waals surface area (Å²) in [5, 5.41) is 6.65. The number of fused-ring (bicyclic) bond motifs is 1. The molecule has 178 valence electrons. The van der Waals surface area contributed by atoms with Gasteiger partial charge >= 0.3 is 0 Å². The van der Waals surface area contributed by atoms with Gasteiger partial charge in [0, 0.05) is 29.1 Å². The monoisotopic (exact) mass is 462 g/mol. The zero-order chi connectivity index (χ0) is 24.1. The van der Waals surface area contributed by atoms with Crippen LogP contribution in [0.4, 0.5) is 4.39 Å². The quantitative estimate of drug-likeness (QED) is 0.465. The van der Waals surface area contributed by atoms with Crippen molar-refractivity contribution < 1.29 is 14.0 Å². The molecule has 0 unspecified atom stereocenters. The number of pyridine rings is 1. The highest BCUT2D eigenvalue weighted by atomic mass is 19.1. The van der Waals surface area contributed by atoms with Crippen molar-refractivity contribution >= 4 is 22.7 Å². The van der Waals surface area contributed by atoms with Crippen molar-refractivity contribution in [2.24, 2.45) is 11.7 Å². The Morgan fingerprint density at radius 1 is 1.12 bits per heavy atom. The first kappa shape index (κ1) is 23.8. The molecule has 0 spiro atoms. The van der Waals surface area contributed by atoms with Crippen molar-refractivity contribution in [1.82, 2.24) is 15.6 Å². The van der Waals surface area contributed by atoms with Gasteiger partial charge in [0.2, 0.25) is 5.91 Å². The van der Waals surface area contributed by atoms with E-state index < -0.39 is 11.7 Å². The summed E-state index contributed by atoms with van der Waals surface area (Å²) >= 11 is 0. The Morgan fingerprint density at radius 3 is 2.56 bits per heavy atom. The smallest absolute Gasteiger partial charge is 0.252 e. The summed E-state index contributed by atoms with van der Waals surface area (Å²) in [4.78, 5) is 29.9. The Morgan fingerprint density at radius 2 is 1.85 bits per heavy atom. The largest absolute Gasteiger partial charge is 0.369 e. The van der Waals surface area contributed by atoms with E-state index in [0.717, 1.165) is 18.4 Å². The number of rotatable bonds is 8. The molecule has 1 aliphatic carbocycles. The first-order chi connectivity index (χ1) is 16.4. The van der Waals surface area contributed by atoms with Crippen molar-refractivity contribution in [3.63, 3.8) is 0 Å². The van der Waals surface area contributed by atoms with Crippen molar-refractivity contribution in [3.8, 4) is 11.3 Å². The predicted octanol–water partition coefficient (Wildman–Crippen LogP) is 4.31. The molecule has 0 bridgehead atoms. The minimum Gasteiger partial charge on any atom is -0.369 e. The van der Waals surface area contributed by atoms with Crippen LogP contribution in [0.2, 0.25) is 0 Å². The number of hydrogen-bond acceptors (Lipinski definition) is 4. The van der Waals surface area contributed by atoms with E-state index in [1.54, 1.807) is 6.07 Å². The Balaban J connectivity index is 1.82. The lowest BCUT2D eigenvalue weighted by molar-refractivity contribution is -0.117. The summed E-state index contributed by atoms with van der Waals surface area (Å²) in [6.45, 7) is 2.18. The zero-order valence-electron chi connectivity index (χ0n) is 19.4. The normalized spacial score (nSPS) is 15.2. The molecule has 4 N–H and O–H groups in total. The molecule has 3 aromatic rings. The second-order valence-electron chi connectivity index (χ2n) is 9.07. The van der Waals surface area contributed by atoms with Crippen LogP contribution in [0.3, 0.4) is 0 Å². The van der Waals surface area contributed by atoms with E-state index in [-0.39, 0.29) is 25.0 Å². The molecule has 0 radical (unpaired) electrons. The molecule has 1 fully saturated rings. The summed E-state index contributed by atoms with van der Waals surface area (Å²) in [6.07, 6.45) is 5.77.